The molecule has 8 heteroatoms. The van der Waals surface area contributed by atoms with Gasteiger partial charge in [0.1, 0.15) is 5.82 Å². The lowest BCUT2D eigenvalue weighted by molar-refractivity contribution is -0.137. The molecule has 0 bridgehead atoms. The number of aromatic amines is 1. The smallest absolute Gasteiger partial charge is 0.418 e. The summed E-state index contributed by atoms with van der Waals surface area (Å²) in [5, 5.41) is 10.2. The predicted molar refractivity (Wildman–Crippen MR) is 109 cm³/mol. The fourth-order valence-corrected chi connectivity index (χ4v) is 3.90. The highest BCUT2D eigenvalue weighted by molar-refractivity contribution is 6.02. The number of hydrogen-bond acceptors (Lipinski definition) is 3. The molecule has 2 heterocycles. The average Bonchev–Trinajstić information content (AvgIpc) is 2.86. The molecule has 1 saturated heterocycles. The lowest BCUT2D eigenvalue weighted by Gasteiger charge is -2.26. The zero-order chi connectivity index (χ0) is 21.3. The van der Waals surface area contributed by atoms with E-state index in [9.17, 15) is 22.7 Å². The van der Waals surface area contributed by atoms with Gasteiger partial charge in [-0.1, -0.05) is 18.9 Å². The minimum absolute atomic E-state index is 0.0750. The fourth-order valence-electron chi connectivity index (χ4n) is 3.90. The number of benzene rings is 2. The molecule has 0 atom stereocenters. The normalized spacial score (nSPS) is 15.8. The molecule has 1 fully saturated rings. The van der Waals surface area contributed by atoms with Crippen LogP contribution in [0.5, 0.6) is 5.88 Å². The third-order valence-electron chi connectivity index (χ3n) is 5.37. The van der Waals surface area contributed by atoms with Crippen LogP contribution in [0.4, 0.5) is 28.9 Å². The van der Waals surface area contributed by atoms with Gasteiger partial charge in [0.15, 0.2) is 5.88 Å². The van der Waals surface area contributed by atoms with Gasteiger partial charge < -0.3 is 15.0 Å². The lowest BCUT2D eigenvalue weighted by Crippen LogP contribution is -2.26. The molecule has 4 nitrogen and oxygen atoms in total. The standard InChI is InChI=1S/C22H21F4N3O/c23-17-6-5-7-18-20(17)15(21(30)28-18)13-27-14-8-9-19(16(12-14)22(24,25)26)29-10-3-1-2-4-11-29/h5-9,12-13,28,30H,1-4,10-11H2. The minimum Gasteiger partial charge on any atom is -0.494 e. The van der Waals surface area contributed by atoms with Crippen LogP contribution < -0.4 is 4.90 Å². The largest absolute Gasteiger partial charge is 0.494 e. The van der Waals surface area contributed by atoms with Crippen LogP contribution in [0.2, 0.25) is 0 Å². The van der Waals surface area contributed by atoms with Crippen LogP contribution in [-0.2, 0) is 6.18 Å². The second-order valence-corrected chi connectivity index (χ2v) is 7.41. The van der Waals surface area contributed by atoms with Crippen LogP contribution in [0.1, 0.15) is 36.8 Å². The summed E-state index contributed by atoms with van der Waals surface area (Å²) in [4.78, 5) is 8.51. The molecule has 0 spiro atoms. The summed E-state index contributed by atoms with van der Waals surface area (Å²) in [5.41, 5.74) is -0.0432. The highest BCUT2D eigenvalue weighted by atomic mass is 19.4. The van der Waals surface area contributed by atoms with E-state index in [1.165, 1.54) is 30.5 Å². The molecule has 2 aromatic carbocycles. The molecule has 30 heavy (non-hydrogen) atoms. The fraction of sp³-hybridized carbons (Fsp3) is 0.318. The van der Waals surface area contributed by atoms with Gasteiger partial charge in [0.25, 0.3) is 0 Å². The first kappa shape index (κ1) is 20.3. The first-order chi connectivity index (χ1) is 14.3. The molecule has 4 rings (SSSR count). The molecule has 0 aliphatic carbocycles. The number of halogens is 4. The molecule has 0 saturated carbocycles. The summed E-state index contributed by atoms with van der Waals surface area (Å²) in [5.74, 6) is -0.853. The highest BCUT2D eigenvalue weighted by Crippen LogP contribution is 2.39. The number of hydrogen-bond donors (Lipinski definition) is 2. The average molecular weight is 419 g/mol. The van der Waals surface area contributed by atoms with Crippen molar-refractivity contribution in [3.05, 3.63) is 53.3 Å². The zero-order valence-electron chi connectivity index (χ0n) is 16.1. The Morgan fingerprint density at radius 3 is 2.47 bits per heavy atom. The van der Waals surface area contributed by atoms with Gasteiger partial charge in [-0.3, -0.25) is 4.99 Å². The van der Waals surface area contributed by atoms with E-state index >= 15 is 0 Å². The van der Waals surface area contributed by atoms with E-state index in [4.69, 9.17) is 0 Å². The van der Waals surface area contributed by atoms with Crippen molar-refractivity contribution in [1.29, 1.82) is 0 Å². The number of H-pyrrole nitrogens is 1. The topological polar surface area (TPSA) is 51.6 Å². The monoisotopic (exact) mass is 419 g/mol. The maximum Gasteiger partial charge on any atom is 0.418 e. The summed E-state index contributed by atoms with van der Waals surface area (Å²) in [6.07, 6.45) is 0.418. The third-order valence-corrected chi connectivity index (χ3v) is 5.37. The summed E-state index contributed by atoms with van der Waals surface area (Å²) in [7, 11) is 0. The van der Waals surface area contributed by atoms with Gasteiger partial charge in [0.2, 0.25) is 0 Å². The van der Waals surface area contributed by atoms with Crippen LogP contribution in [-0.4, -0.2) is 29.4 Å². The molecular formula is C22H21F4N3O. The minimum atomic E-state index is -4.53. The lowest BCUT2D eigenvalue weighted by atomic mass is 10.1. The Labute approximate surface area is 170 Å². The van der Waals surface area contributed by atoms with E-state index < -0.39 is 17.6 Å². The second-order valence-electron chi connectivity index (χ2n) is 7.41. The molecule has 3 aromatic rings. The predicted octanol–water partition coefficient (Wildman–Crippen LogP) is 6.16. The number of aromatic nitrogens is 1. The van der Waals surface area contributed by atoms with E-state index in [0.29, 0.717) is 18.6 Å². The summed E-state index contributed by atoms with van der Waals surface area (Å²) in [6, 6.07) is 8.27. The van der Waals surface area contributed by atoms with E-state index in [1.54, 1.807) is 11.0 Å². The molecular weight excluding hydrogens is 398 g/mol. The molecule has 0 radical (unpaired) electrons. The van der Waals surface area contributed by atoms with Crippen LogP contribution in [0, 0.1) is 5.82 Å². The SMILES string of the molecule is Oc1[nH]c2cccc(F)c2c1C=Nc1ccc(N2CCCCCC2)c(C(F)(F)F)c1. The maximum absolute atomic E-state index is 14.2. The van der Waals surface area contributed by atoms with Crippen molar-refractivity contribution < 1.29 is 22.7 Å². The van der Waals surface area contributed by atoms with Crippen molar-refractivity contribution in [2.75, 3.05) is 18.0 Å². The van der Waals surface area contributed by atoms with Crippen molar-refractivity contribution in [1.82, 2.24) is 4.98 Å². The van der Waals surface area contributed by atoms with E-state index in [-0.39, 0.29) is 28.2 Å². The van der Waals surface area contributed by atoms with Gasteiger partial charge in [-0.2, -0.15) is 13.2 Å². The number of nitrogens with one attached hydrogen (secondary N) is 1. The van der Waals surface area contributed by atoms with Crippen molar-refractivity contribution >= 4 is 28.5 Å². The first-order valence-corrected chi connectivity index (χ1v) is 9.84. The Morgan fingerprint density at radius 2 is 1.77 bits per heavy atom. The van der Waals surface area contributed by atoms with Gasteiger partial charge in [0.05, 0.1) is 22.3 Å². The quantitative estimate of drug-likeness (QED) is 0.394. The van der Waals surface area contributed by atoms with Crippen LogP contribution in [0.15, 0.2) is 41.4 Å². The Kier molecular flexibility index (Phi) is 5.40. The van der Waals surface area contributed by atoms with Gasteiger partial charge in [-0.15, -0.1) is 0 Å². The van der Waals surface area contributed by atoms with Crippen molar-refractivity contribution in [3.8, 4) is 5.88 Å². The highest BCUT2D eigenvalue weighted by Gasteiger charge is 2.35. The Hall–Kier alpha value is -3.03. The Balaban J connectivity index is 1.71. The summed E-state index contributed by atoms with van der Waals surface area (Å²) >= 11 is 0. The first-order valence-electron chi connectivity index (χ1n) is 9.84. The Bertz CT molecular complexity index is 1080. The van der Waals surface area contributed by atoms with Crippen LogP contribution in [0.3, 0.4) is 0 Å². The van der Waals surface area contributed by atoms with Gasteiger partial charge in [-0.05, 0) is 43.2 Å². The molecule has 1 aromatic heterocycles. The van der Waals surface area contributed by atoms with Crippen molar-refractivity contribution in [2.24, 2.45) is 4.99 Å². The third kappa shape index (κ3) is 3.99. The van der Waals surface area contributed by atoms with Gasteiger partial charge >= 0.3 is 6.18 Å². The summed E-state index contributed by atoms with van der Waals surface area (Å²) in [6.45, 7) is 1.18. The number of aromatic hydroxyl groups is 1. The molecule has 1 aliphatic heterocycles. The van der Waals surface area contributed by atoms with Gasteiger partial charge in [-0.25, -0.2) is 4.39 Å². The van der Waals surface area contributed by atoms with Crippen LogP contribution in [0.25, 0.3) is 10.9 Å². The van der Waals surface area contributed by atoms with E-state index in [0.717, 1.165) is 31.7 Å². The number of aliphatic imine (C=N–C) groups is 1. The zero-order valence-corrected chi connectivity index (χ0v) is 16.1. The second kappa shape index (κ2) is 8.01. The molecule has 1 aliphatic rings. The summed E-state index contributed by atoms with van der Waals surface area (Å²) < 4.78 is 55.4. The number of fused-ring (bicyclic) bond motifs is 1. The van der Waals surface area contributed by atoms with E-state index in [2.05, 4.69) is 9.98 Å². The number of anilines is 1. The van der Waals surface area contributed by atoms with Gasteiger partial charge in [0, 0.05) is 30.4 Å². The number of alkyl halides is 3. The number of nitrogens with zero attached hydrogens (tertiary/aromatic N) is 2. The molecule has 0 unspecified atom stereocenters. The van der Waals surface area contributed by atoms with E-state index in [1.807, 2.05) is 0 Å². The van der Waals surface area contributed by atoms with Crippen LogP contribution >= 0.6 is 0 Å². The van der Waals surface area contributed by atoms with Crippen molar-refractivity contribution in [3.63, 3.8) is 0 Å². The Morgan fingerprint density at radius 1 is 1.03 bits per heavy atom. The maximum atomic E-state index is 14.2. The molecule has 2 N–H and O–H groups in total. The molecule has 0 amide bonds. The molecule has 158 valence electrons. The van der Waals surface area contributed by atoms with Crippen molar-refractivity contribution in [2.45, 2.75) is 31.9 Å². The number of rotatable bonds is 3.